The van der Waals surface area contributed by atoms with Crippen LogP contribution in [-0.4, -0.2) is 0 Å². The quantitative estimate of drug-likeness (QED) is 0.517. The number of hydrogen-bond donors (Lipinski definition) is 0. The highest BCUT2D eigenvalue weighted by atomic mass is 79.9. The summed E-state index contributed by atoms with van der Waals surface area (Å²) in [4.78, 5) is 0. The Labute approximate surface area is 136 Å². The van der Waals surface area contributed by atoms with E-state index in [-0.39, 0.29) is 0 Å². The van der Waals surface area contributed by atoms with E-state index in [0.717, 1.165) is 28.8 Å². The molecule has 0 atom stereocenters. The van der Waals surface area contributed by atoms with Crippen LogP contribution in [0.15, 0.2) is 46.9 Å². The van der Waals surface area contributed by atoms with Crippen molar-refractivity contribution in [2.24, 2.45) is 0 Å². The van der Waals surface area contributed by atoms with Crippen LogP contribution in [0, 0.1) is 0 Å². The number of unbranched alkanes of at least 4 members (excludes halogenated alkanes) is 2. The van der Waals surface area contributed by atoms with Crippen LogP contribution in [0.25, 0.3) is 0 Å². The molecule has 0 aliphatic carbocycles. The molecule has 0 saturated carbocycles. The van der Waals surface area contributed by atoms with Gasteiger partial charge in [0.25, 0.3) is 0 Å². The zero-order valence-corrected chi connectivity index (χ0v) is 14.4. The van der Waals surface area contributed by atoms with Gasteiger partial charge in [0.1, 0.15) is 11.5 Å². The lowest BCUT2D eigenvalue weighted by molar-refractivity contribution is 0.479. The third kappa shape index (κ3) is 4.89. The number of rotatable bonds is 7. The van der Waals surface area contributed by atoms with Gasteiger partial charge in [0.15, 0.2) is 0 Å². The molecular formula is C19H23BrO. The van der Waals surface area contributed by atoms with E-state index in [0.29, 0.717) is 0 Å². The Morgan fingerprint density at radius 2 is 1.62 bits per heavy atom. The number of benzene rings is 2. The van der Waals surface area contributed by atoms with Crippen LogP contribution in [-0.2, 0) is 12.8 Å². The average Bonchev–Trinajstić information content (AvgIpc) is 2.51. The molecule has 0 heterocycles. The number of ether oxygens (including phenoxy) is 1. The zero-order chi connectivity index (χ0) is 15.1. The Kier molecular flexibility index (Phi) is 6.31. The van der Waals surface area contributed by atoms with Crippen LogP contribution >= 0.6 is 15.9 Å². The molecule has 0 aliphatic rings. The molecule has 2 aromatic carbocycles. The van der Waals surface area contributed by atoms with Crippen molar-refractivity contribution in [1.29, 1.82) is 0 Å². The lowest BCUT2D eigenvalue weighted by atomic mass is 10.1. The predicted molar refractivity (Wildman–Crippen MR) is 93.3 cm³/mol. The minimum absolute atomic E-state index is 0.867. The van der Waals surface area contributed by atoms with E-state index in [2.05, 4.69) is 66.2 Å². The first-order valence-electron chi connectivity index (χ1n) is 7.78. The minimum Gasteiger partial charge on any atom is -0.456 e. The fourth-order valence-electron chi connectivity index (χ4n) is 2.28. The highest BCUT2D eigenvalue weighted by Crippen LogP contribution is 2.30. The topological polar surface area (TPSA) is 9.23 Å². The van der Waals surface area contributed by atoms with Crippen molar-refractivity contribution >= 4 is 15.9 Å². The van der Waals surface area contributed by atoms with Gasteiger partial charge in [-0.1, -0.05) is 44.9 Å². The van der Waals surface area contributed by atoms with Gasteiger partial charge >= 0.3 is 0 Å². The molecule has 0 bridgehead atoms. The summed E-state index contributed by atoms with van der Waals surface area (Å²) in [5.74, 6) is 1.75. The van der Waals surface area contributed by atoms with Crippen molar-refractivity contribution in [3.8, 4) is 11.5 Å². The first-order chi connectivity index (χ1) is 10.2. The van der Waals surface area contributed by atoms with Gasteiger partial charge in [-0.15, -0.1) is 0 Å². The molecule has 112 valence electrons. The maximum Gasteiger partial charge on any atom is 0.141 e. The molecule has 2 aromatic rings. The molecule has 0 unspecified atom stereocenters. The van der Waals surface area contributed by atoms with Crippen LogP contribution < -0.4 is 4.74 Å². The molecule has 2 heteroatoms. The Morgan fingerprint density at radius 3 is 2.24 bits per heavy atom. The molecule has 0 aromatic heterocycles. The SMILES string of the molecule is CCCCCc1ccc(Oc2ccc(CC)cc2Br)cc1. The molecule has 0 spiro atoms. The Morgan fingerprint density at radius 1 is 0.905 bits per heavy atom. The fraction of sp³-hybridized carbons (Fsp3) is 0.368. The Bertz CT molecular complexity index is 560. The molecule has 1 nitrogen and oxygen atoms in total. The standard InChI is InChI=1S/C19H23BrO/c1-3-5-6-7-16-8-11-17(12-9-16)21-19-13-10-15(4-2)14-18(19)20/h8-14H,3-7H2,1-2H3. The average molecular weight is 347 g/mol. The largest absolute Gasteiger partial charge is 0.456 e. The molecule has 0 saturated heterocycles. The summed E-state index contributed by atoms with van der Waals surface area (Å²) < 4.78 is 6.95. The number of aryl methyl sites for hydroxylation is 2. The highest BCUT2D eigenvalue weighted by molar-refractivity contribution is 9.10. The first kappa shape index (κ1) is 16.1. The van der Waals surface area contributed by atoms with Crippen LogP contribution in [0.3, 0.4) is 0 Å². The Hall–Kier alpha value is -1.28. The maximum atomic E-state index is 5.94. The van der Waals surface area contributed by atoms with Crippen LogP contribution in [0.1, 0.15) is 44.2 Å². The number of hydrogen-bond acceptors (Lipinski definition) is 1. The van der Waals surface area contributed by atoms with Gasteiger partial charge < -0.3 is 4.74 Å². The van der Waals surface area contributed by atoms with Crippen molar-refractivity contribution in [1.82, 2.24) is 0 Å². The second kappa shape index (κ2) is 8.23. The third-order valence-corrected chi connectivity index (χ3v) is 4.24. The van der Waals surface area contributed by atoms with Crippen molar-refractivity contribution < 1.29 is 4.74 Å². The van der Waals surface area contributed by atoms with E-state index in [1.165, 1.54) is 30.4 Å². The van der Waals surface area contributed by atoms with Gasteiger partial charge in [0, 0.05) is 0 Å². The normalized spacial score (nSPS) is 10.6. The molecule has 0 aliphatic heterocycles. The molecule has 0 amide bonds. The van der Waals surface area contributed by atoms with Crippen molar-refractivity contribution in [3.63, 3.8) is 0 Å². The van der Waals surface area contributed by atoms with E-state index >= 15 is 0 Å². The summed E-state index contributed by atoms with van der Waals surface area (Å²) >= 11 is 3.58. The van der Waals surface area contributed by atoms with Crippen LogP contribution in [0.5, 0.6) is 11.5 Å². The van der Waals surface area contributed by atoms with Crippen LogP contribution in [0.4, 0.5) is 0 Å². The summed E-state index contributed by atoms with van der Waals surface area (Å²) in [5.41, 5.74) is 2.69. The van der Waals surface area contributed by atoms with Gasteiger partial charge in [-0.25, -0.2) is 0 Å². The highest BCUT2D eigenvalue weighted by Gasteiger charge is 2.04. The summed E-state index contributed by atoms with van der Waals surface area (Å²) in [5, 5.41) is 0. The molecule has 0 N–H and O–H groups in total. The van der Waals surface area contributed by atoms with Crippen molar-refractivity contribution in [3.05, 3.63) is 58.1 Å². The molecular weight excluding hydrogens is 324 g/mol. The van der Waals surface area contributed by atoms with E-state index in [1.807, 2.05) is 6.07 Å². The minimum atomic E-state index is 0.867. The van der Waals surface area contributed by atoms with Crippen LogP contribution in [0.2, 0.25) is 0 Å². The number of halogens is 1. The summed E-state index contributed by atoms with van der Waals surface area (Å²) in [6, 6.07) is 14.7. The van der Waals surface area contributed by atoms with E-state index < -0.39 is 0 Å². The summed E-state index contributed by atoms with van der Waals surface area (Å²) in [6.45, 7) is 4.39. The first-order valence-corrected chi connectivity index (χ1v) is 8.57. The molecule has 0 fully saturated rings. The summed E-state index contributed by atoms with van der Waals surface area (Å²) in [7, 11) is 0. The second-order valence-electron chi connectivity index (χ2n) is 5.32. The van der Waals surface area contributed by atoms with E-state index in [1.54, 1.807) is 0 Å². The molecule has 0 radical (unpaired) electrons. The Balaban J connectivity index is 1.99. The van der Waals surface area contributed by atoms with E-state index in [9.17, 15) is 0 Å². The van der Waals surface area contributed by atoms with Gasteiger partial charge in [0.05, 0.1) is 4.47 Å². The fourth-order valence-corrected chi connectivity index (χ4v) is 2.78. The van der Waals surface area contributed by atoms with Crippen molar-refractivity contribution in [2.75, 3.05) is 0 Å². The zero-order valence-electron chi connectivity index (χ0n) is 12.9. The molecule has 2 rings (SSSR count). The second-order valence-corrected chi connectivity index (χ2v) is 6.18. The maximum absolute atomic E-state index is 5.94. The van der Waals surface area contributed by atoms with Gasteiger partial charge in [-0.2, -0.15) is 0 Å². The third-order valence-electron chi connectivity index (χ3n) is 3.62. The van der Waals surface area contributed by atoms with Gasteiger partial charge in [-0.3, -0.25) is 0 Å². The monoisotopic (exact) mass is 346 g/mol. The van der Waals surface area contributed by atoms with Gasteiger partial charge in [-0.05, 0) is 70.6 Å². The lowest BCUT2D eigenvalue weighted by Crippen LogP contribution is -1.89. The van der Waals surface area contributed by atoms with Crippen molar-refractivity contribution in [2.45, 2.75) is 46.0 Å². The smallest absolute Gasteiger partial charge is 0.141 e. The van der Waals surface area contributed by atoms with E-state index in [4.69, 9.17) is 4.74 Å². The summed E-state index contributed by atoms with van der Waals surface area (Å²) in [6.07, 6.45) is 6.02. The lowest BCUT2D eigenvalue weighted by Gasteiger charge is -2.09. The predicted octanol–water partition coefficient (Wildman–Crippen LogP) is 6.54. The van der Waals surface area contributed by atoms with Gasteiger partial charge in [0.2, 0.25) is 0 Å². The molecule has 21 heavy (non-hydrogen) atoms.